The minimum absolute atomic E-state index is 0.0414. The molecule has 8 aliphatic rings. The van der Waals surface area contributed by atoms with Crippen molar-refractivity contribution in [3.8, 4) is 0 Å². The first kappa shape index (κ1) is 49.0. The molecule has 5 aliphatic carbocycles. The highest BCUT2D eigenvalue weighted by Crippen LogP contribution is 2.76. The zero-order valence-electron chi connectivity index (χ0n) is 38.5. The average Bonchev–Trinajstić information content (AvgIpc) is 3.24. The molecular formula is C47H76O17. The van der Waals surface area contributed by atoms with E-state index in [9.17, 15) is 55.9 Å². The van der Waals surface area contributed by atoms with Crippen LogP contribution in [0.1, 0.15) is 113 Å². The molecule has 0 aromatic rings. The summed E-state index contributed by atoms with van der Waals surface area (Å²) in [6.45, 7) is 14.7. The van der Waals surface area contributed by atoms with Gasteiger partial charge in [0, 0.05) is 0 Å². The Morgan fingerprint density at radius 2 is 1.28 bits per heavy atom. The highest BCUT2D eigenvalue weighted by molar-refractivity contribution is 5.79. The molecule has 17 heteroatoms. The van der Waals surface area contributed by atoms with Crippen LogP contribution in [0, 0.1) is 50.2 Å². The number of ether oxygens (including phenoxy) is 6. The molecule has 0 amide bonds. The summed E-state index contributed by atoms with van der Waals surface area (Å²) in [5.41, 5.74) is -0.434. The van der Waals surface area contributed by atoms with E-state index >= 15 is 0 Å². The number of carbonyl (C=O) groups is 1. The Morgan fingerprint density at radius 3 is 1.92 bits per heavy atom. The van der Waals surface area contributed by atoms with Crippen molar-refractivity contribution in [3.05, 3.63) is 11.6 Å². The van der Waals surface area contributed by atoms with Gasteiger partial charge < -0.3 is 79.5 Å². The van der Waals surface area contributed by atoms with Crippen molar-refractivity contribution < 1.29 is 84.3 Å². The summed E-state index contributed by atoms with van der Waals surface area (Å²) >= 11 is 0. The minimum atomic E-state index is -1.72. The summed E-state index contributed by atoms with van der Waals surface area (Å²) in [5.74, 6) is -0.0598. The fraction of sp³-hybridized carbons (Fsp3) is 0.936. The van der Waals surface area contributed by atoms with Crippen LogP contribution in [0.25, 0.3) is 0 Å². The number of aliphatic hydroxyl groups excluding tert-OH is 10. The van der Waals surface area contributed by atoms with Gasteiger partial charge in [0.2, 0.25) is 6.29 Å². The van der Waals surface area contributed by atoms with Crippen molar-refractivity contribution in [2.24, 2.45) is 50.2 Å². The van der Waals surface area contributed by atoms with E-state index in [1.165, 1.54) is 5.57 Å². The maximum atomic E-state index is 14.6. The first-order chi connectivity index (χ1) is 29.9. The molecule has 3 saturated heterocycles. The molecule has 0 spiro atoms. The smallest absolute Gasteiger partial charge is 0.315 e. The van der Waals surface area contributed by atoms with Gasteiger partial charge in [0.05, 0.1) is 31.3 Å². The molecule has 8 rings (SSSR count). The van der Waals surface area contributed by atoms with Gasteiger partial charge in [-0.2, -0.15) is 0 Å². The molecule has 3 heterocycles. The molecular weight excluding hydrogens is 836 g/mol. The highest BCUT2D eigenvalue weighted by atomic mass is 16.7. The van der Waals surface area contributed by atoms with Crippen molar-refractivity contribution in [3.63, 3.8) is 0 Å². The molecule has 0 aromatic carbocycles. The van der Waals surface area contributed by atoms with Crippen LogP contribution in [0.4, 0.5) is 0 Å². The Labute approximate surface area is 376 Å². The number of aliphatic hydroxyl groups is 10. The number of esters is 1. The number of allylic oxidation sites excluding steroid dienone is 2. The SMILES string of the molecule is CC1(C)CC[C@]2(C(=O)O[C@@H]3O[C@H](CO)[C@@H](O)[C@H](O)[C@H]3O)CC[C@]3(C)C(=CC[C@@H]4[C@@]5(C)CC[C@H](O[C@@H]6OC[C@H](O)[C@H](O[C@H]7O[C@H](CO)[C@@H](O)[C@H](O)[C@H]7O)[C@H]6O)C(C)(C)C5CC[C@]43C)[C@H]2C1. The molecule has 1 unspecified atom stereocenters. The standard InChI is InChI=1S/C47H76O17/c1-42(2)14-16-47(41(58)64-40-35(56)33(54)31(52)26(20-49)61-40)17-15-45(6)22(23(47)18-42)8-9-28-44(5)12-11-29(43(3,4)27(44)10-13-46(28,45)7)62-38-36(57)37(24(50)21-59-38)63-39-34(55)32(53)30(51)25(19-48)60-39/h8,23-40,48-57H,9-21H2,1-7H3/t23-,24+,25-,26-,27?,28-,29+,30-,31-,32+,33+,34-,35-,36-,37+,38+,39-,40+,44+,45-,46-,47+/m1/s1. The van der Waals surface area contributed by atoms with Gasteiger partial charge in [0.1, 0.15) is 67.1 Å². The lowest BCUT2D eigenvalue weighted by Crippen LogP contribution is -2.66. The molecule has 0 radical (unpaired) electrons. The van der Waals surface area contributed by atoms with Crippen molar-refractivity contribution >= 4 is 5.97 Å². The van der Waals surface area contributed by atoms with Crippen LogP contribution in [0.15, 0.2) is 11.6 Å². The van der Waals surface area contributed by atoms with Crippen molar-refractivity contribution in [2.75, 3.05) is 19.8 Å². The zero-order valence-corrected chi connectivity index (χ0v) is 38.5. The third-order valence-electron chi connectivity index (χ3n) is 18.9. The molecule has 366 valence electrons. The lowest BCUT2D eigenvalue weighted by atomic mass is 9.33. The van der Waals surface area contributed by atoms with Gasteiger partial charge in [-0.05, 0) is 109 Å². The first-order valence-electron chi connectivity index (χ1n) is 23.7. The molecule has 22 atom stereocenters. The summed E-state index contributed by atoms with van der Waals surface area (Å²) < 4.78 is 35.6. The van der Waals surface area contributed by atoms with Gasteiger partial charge in [-0.15, -0.1) is 0 Å². The van der Waals surface area contributed by atoms with Crippen LogP contribution in [-0.4, -0.2) is 169 Å². The Balaban J connectivity index is 1.01. The largest absolute Gasteiger partial charge is 0.432 e. The Morgan fingerprint density at radius 1 is 0.672 bits per heavy atom. The van der Waals surface area contributed by atoms with Gasteiger partial charge in [0.15, 0.2) is 12.6 Å². The van der Waals surface area contributed by atoms with Gasteiger partial charge >= 0.3 is 5.97 Å². The Hall–Kier alpha value is -1.39. The maximum absolute atomic E-state index is 14.6. The van der Waals surface area contributed by atoms with Gasteiger partial charge in [-0.3, -0.25) is 4.79 Å². The van der Waals surface area contributed by atoms with E-state index in [4.69, 9.17) is 28.4 Å². The molecule has 4 saturated carbocycles. The second-order valence-electron chi connectivity index (χ2n) is 23.0. The second-order valence-corrected chi connectivity index (χ2v) is 23.0. The molecule has 0 aromatic heterocycles. The second kappa shape index (κ2) is 17.2. The van der Waals surface area contributed by atoms with Gasteiger partial charge in [-0.1, -0.05) is 60.1 Å². The van der Waals surface area contributed by atoms with E-state index in [0.717, 1.165) is 44.9 Å². The quantitative estimate of drug-likeness (QED) is 0.0916. The van der Waals surface area contributed by atoms with E-state index in [2.05, 4.69) is 54.5 Å². The number of hydrogen-bond donors (Lipinski definition) is 10. The number of hydrogen-bond acceptors (Lipinski definition) is 17. The summed E-state index contributed by atoms with van der Waals surface area (Å²) in [6, 6.07) is 0. The van der Waals surface area contributed by atoms with E-state index in [1.807, 2.05) is 0 Å². The van der Waals surface area contributed by atoms with Crippen molar-refractivity contribution in [1.82, 2.24) is 0 Å². The normalized spacial score (nSPS) is 53.4. The minimum Gasteiger partial charge on any atom is -0.432 e. The van der Waals surface area contributed by atoms with E-state index in [1.54, 1.807) is 0 Å². The number of rotatable bonds is 8. The molecule has 7 fully saturated rings. The highest BCUT2D eigenvalue weighted by Gasteiger charge is 2.70. The fourth-order valence-corrected chi connectivity index (χ4v) is 14.8. The van der Waals surface area contributed by atoms with Crippen molar-refractivity contribution in [2.45, 2.75) is 205 Å². The molecule has 17 nitrogen and oxygen atoms in total. The van der Waals surface area contributed by atoms with Crippen LogP contribution >= 0.6 is 0 Å². The van der Waals surface area contributed by atoms with Crippen LogP contribution < -0.4 is 0 Å². The maximum Gasteiger partial charge on any atom is 0.315 e. The van der Waals surface area contributed by atoms with E-state index < -0.39 is 111 Å². The van der Waals surface area contributed by atoms with E-state index in [0.29, 0.717) is 25.2 Å². The summed E-state index contributed by atoms with van der Waals surface area (Å²) in [4.78, 5) is 14.6. The third-order valence-corrected chi connectivity index (χ3v) is 18.9. The predicted octanol–water partition coefficient (Wildman–Crippen LogP) is 0.780. The zero-order chi connectivity index (χ0) is 46.7. The number of carbonyl (C=O) groups excluding carboxylic acids is 1. The predicted molar refractivity (Wildman–Crippen MR) is 224 cm³/mol. The monoisotopic (exact) mass is 913 g/mol. The molecule has 3 aliphatic heterocycles. The topological polar surface area (TPSA) is 275 Å². The van der Waals surface area contributed by atoms with Gasteiger partial charge in [-0.25, -0.2) is 0 Å². The molecule has 64 heavy (non-hydrogen) atoms. The summed E-state index contributed by atoms with van der Waals surface area (Å²) in [6.07, 6.45) is -10.9. The fourth-order valence-electron chi connectivity index (χ4n) is 14.8. The van der Waals surface area contributed by atoms with Crippen LogP contribution in [0.2, 0.25) is 0 Å². The Kier molecular flexibility index (Phi) is 13.2. The number of fused-ring (bicyclic) bond motifs is 7. The molecule has 0 bridgehead atoms. The van der Waals surface area contributed by atoms with E-state index in [-0.39, 0.29) is 51.6 Å². The lowest BCUT2D eigenvalue weighted by molar-refractivity contribution is -0.357. The average molecular weight is 913 g/mol. The van der Waals surface area contributed by atoms with Crippen molar-refractivity contribution in [1.29, 1.82) is 0 Å². The third kappa shape index (κ3) is 7.58. The van der Waals surface area contributed by atoms with Crippen LogP contribution in [0.5, 0.6) is 0 Å². The first-order valence-corrected chi connectivity index (χ1v) is 23.7. The lowest BCUT2D eigenvalue weighted by Gasteiger charge is -2.71. The summed E-state index contributed by atoms with van der Waals surface area (Å²) in [7, 11) is 0. The van der Waals surface area contributed by atoms with Crippen LogP contribution in [-0.2, 0) is 33.2 Å². The Bertz CT molecular complexity index is 1740. The molecule has 10 N–H and O–H groups in total. The summed E-state index contributed by atoms with van der Waals surface area (Å²) in [5, 5.41) is 105. The van der Waals surface area contributed by atoms with Crippen LogP contribution in [0.3, 0.4) is 0 Å². The van der Waals surface area contributed by atoms with Gasteiger partial charge in [0.25, 0.3) is 0 Å².